The lowest BCUT2D eigenvalue weighted by Crippen LogP contribution is -2.17. The van der Waals surface area contributed by atoms with Crippen LogP contribution in [0.1, 0.15) is 10.4 Å². The molecule has 0 aliphatic carbocycles. The van der Waals surface area contributed by atoms with Crippen LogP contribution in [0.4, 0.5) is 5.82 Å². The van der Waals surface area contributed by atoms with Crippen LogP contribution in [0.5, 0.6) is 0 Å². The van der Waals surface area contributed by atoms with Gasteiger partial charge in [-0.05, 0) is 35.9 Å². The number of nitrogens with one attached hydrogen (secondary N) is 1. The standard InChI is InChI=1S/C15H12ClN5O/c1-18-14(22)9-4-2-3-8(7-9)11-6-5-10-12(17)20-15(16)21-13(10)19-11/h2-7H,1H3,(H,18,22)(H2,17,19,20,21). The van der Waals surface area contributed by atoms with Gasteiger partial charge in [-0.15, -0.1) is 0 Å². The maximum Gasteiger partial charge on any atom is 0.251 e. The summed E-state index contributed by atoms with van der Waals surface area (Å²) in [4.78, 5) is 24.1. The number of fused-ring (bicyclic) bond motifs is 1. The van der Waals surface area contributed by atoms with Crippen molar-refractivity contribution in [1.29, 1.82) is 0 Å². The van der Waals surface area contributed by atoms with E-state index in [1.165, 1.54) is 0 Å². The van der Waals surface area contributed by atoms with Gasteiger partial charge >= 0.3 is 0 Å². The van der Waals surface area contributed by atoms with Gasteiger partial charge in [-0.25, -0.2) is 9.97 Å². The molecule has 2 heterocycles. The zero-order chi connectivity index (χ0) is 15.7. The van der Waals surface area contributed by atoms with Crippen LogP contribution in [-0.2, 0) is 0 Å². The summed E-state index contributed by atoms with van der Waals surface area (Å²) in [6.07, 6.45) is 0. The minimum Gasteiger partial charge on any atom is -0.383 e. The number of hydrogen-bond acceptors (Lipinski definition) is 5. The van der Waals surface area contributed by atoms with E-state index in [0.29, 0.717) is 22.3 Å². The fourth-order valence-corrected chi connectivity index (χ4v) is 2.30. The molecular weight excluding hydrogens is 302 g/mol. The van der Waals surface area contributed by atoms with Gasteiger partial charge in [-0.1, -0.05) is 12.1 Å². The Labute approximate surface area is 131 Å². The van der Waals surface area contributed by atoms with Crippen LogP contribution < -0.4 is 11.1 Å². The Kier molecular flexibility index (Phi) is 3.60. The first kappa shape index (κ1) is 14.2. The second-order valence-corrected chi connectivity index (χ2v) is 4.94. The number of pyridine rings is 1. The topological polar surface area (TPSA) is 93.8 Å². The molecule has 2 aromatic heterocycles. The second kappa shape index (κ2) is 5.57. The maximum absolute atomic E-state index is 11.7. The fraction of sp³-hybridized carbons (Fsp3) is 0.0667. The highest BCUT2D eigenvalue weighted by Gasteiger charge is 2.09. The third-order valence-corrected chi connectivity index (χ3v) is 3.38. The van der Waals surface area contributed by atoms with E-state index in [4.69, 9.17) is 17.3 Å². The number of carbonyl (C=O) groups is 1. The first-order valence-electron chi connectivity index (χ1n) is 6.51. The molecule has 0 atom stereocenters. The summed E-state index contributed by atoms with van der Waals surface area (Å²) in [5, 5.41) is 3.28. The summed E-state index contributed by atoms with van der Waals surface area (Å²) in [5.41, 5.74) is 8.25. The summed E-state index contributed by atoms with van der Waals surface area (Å²) in [6, 6.07) is 10.8. The number of nitrogens with zero attached hydrogens (tertiary/aromatic N) is 3. The Hall–Kier alpha value is -2.73. The predicted molar refractivity (Wildman–Crippen MR) is 85.6 cm³/mol. The number of carbonyl (C=O) groups excluding carboxylic acids is 1. The Morgan fingerprint density at radius 2 is 2.00 bits per heavy atom. The molecule has 0 aliphatic heterocycles. The first-order chi connectivity index (χ1) is 10.6. The average molecular weight is 314 g/mol. The smallest absolute Gasteiger partial charge is 0.251 e. The SMILES string of the molecule is CNC(=O)c1cccc(-c2ccc3c(N)nc(Cl)nc3n2)c1. The van der Waals surface area contributed by atoms with E-state index in [1.807, 2.05) is 6.07 Å². The van der Waals surface area contributed by atoms with E-state index in [2.05, 4.69) is 20.3 Å². The Balaban J connectivity index is 2.12. The monoisotopic (exact) mass is 313 g/mol. The summed E-state index contributed by atoms with van der Waals surface area (Å²) < 4.78 is 0. The third kappa shape index (κ3) is 2.56. The van der Waals surface area contributed by atoms with Gasteiger partial charge in [0.25, 0.3) is 5.91 Å². The highest BCUT2D eigenvalue weighted by atomic mass is 35.5. The van der Waals surface area contributed by atoms with Crippen molar-refractivity contribution in [3.05, 3.63) is 47.2 Å². The molecular formula is C15H12ClN5O. The molecule has 6 nitrogen and oxygen atoms in total. The lowest BCUT2D eigenvalue weighted by molar-refractivity contribution is 0.0963. The molecule has 0 saturated carbocycles. The molecule has 0 bridgehead atoms. The van der Waals surface area contributed by atoms with E-state index >= 15 is 0 Å². The number of hydrogen-bond donors (Lipinski definition) is 2. The van der Waals surface area contributed by atoms with Gasteiger partial charge in [0.15, 0.2) is 5.65 Å². The van der Waals surface area contributed by atoms with Crippen LogP contribution >= 0.6 is 11.6 Å². The Bertz CT molecular complexity index is 881. The van der Waals surface area contributed by atoms with Crippen LogP contribution in [0.25, 0.3) is 22.3 Å². The molecule has 0 aliphatic rings. The van der Waals surface area contributed by atoms with E-state index in [-0.39, 0.29) is 17.0 Å². The maximum atomic E-state index is 11.7. The van der Waals surface area contributed by atoms with Crippen molar-refractivity contribution in [2.24, 2.45) is 0 Å². The van der Waals surface area contributed by atoms with Crippen molar-refractivity contribution < 1.29 is 4.79 Å². The molecule has 7 heteroatoms. The van der Waals surface area contributed by atoms with Gasteiger partial charge in [-0.3, -0.25) is 4.79 Å². The van der Waals surface area contributed by atoms with Crippen molar-refractivity contribution >= 4 is 34.4 Å². The summed E-state index contributed by atoms with van der Waals surface area (Å²) >= 11 is 5.81. The Morgan fingerprint density at radius 1 is 1.18 bits per heavy atom. The van der Waals surface area contributed by atoms with Crippen molar-refractivity contribution in [3.8, 4) is 11.3 Å². The normalized spacial score (nSPS) is 10.6. The lowest BCUT2D eigenvalue weighted by Gasteiger charge is -2.06. The molecule has 22 heavy (non-hydrogen) atoms. The van der Waals surface area contributed by atoms with Crippen LogP contribution in [0.3, 0.4) is 0 Å². The van der Waals surface area contributed by atoms with Gasteiger partial charge in [0, 0.05) is 18.2 Å². The Morgan fingerprint density at radius 3 is 2.77 bits per heavy atom. The molecule has 1 aromatic carbocycles. The number of nitrogen functional groups attached to an aromatic ring is 1. The van der Waals surface area contributed by atoms with Gasteiger partial charge in [0.1, 0.15) is 5.82 Å². The highest BCUT2D eigenvalue weighted by Crippen LogP contribution is 2.24. The summed E-state index contributed by atoms with van der Waals surface area (Å²) in [6.45, 7) is 0. The summed E-state index contributed by atoms with van der Waals surface area (Å²) in [7, 11) is 1.59. The molecule has 0 fully saturated rings. The molecule has 3 aromatic rings. The van der Waals surface area contributed by atoms with Crippen molar-refractivity contribution in [2.45, 2.75) is 0 Å². The number of halogens is 1. The highest BCUT2D eigenvalue weighted by molar-refractivity contribution is 6.28. The molecule has 0 saturated heterocycles. The number of anilines is 1. The minimum absolute atomic E-state index is 0.0498. The zero-order valence-corrected chi connectivity index (χ0v) is 12.4. The van der Waals surface area contributed by atoms with Crippen LogP contribution in [-0.4, -0.2) is 27.9 Å². The lowest BCUT2D eigenvalue weighted by atomic mass is 10.1. The van der Waals surface area contributed by atoms with Gasteiger partial charge < -0.3 is 11.1 Å². The third-order valence-electron chi connectivity index (χ3n) is 3.21. The van der Waals surface area contributed by atoms with E-state index in [0.717, 1.165) is 5.56 Å². The zero-order valence-electron chi connectivity index (χ0n) is 11.7. The number of nitrogens with two attached hydrogens (primary N) is 1. The van der Waals surface area contributed by atoms with Crippen molar-refractivity contribution in [2.75, 3.05) is 12.8 Å². The molecule has 3 N–H and O–H groups in total. The van der Waals surface area contributed by atoms with E-state index in [1.54, 1.807) is 37.4 Å². The molecule has 0 radical (unpaired) electrons. The number of aromatic nitrogens is 3. The minimum atomic E-state index is -0.155. The van der Waals surface area contributed by atoms with Crippen molar-refractivity contribution in [3.63, 3.8) is 0 Å². The molecule has 0 unspecified atom stereocenters. The van der Waals surface area contributed by atoms with Gasteiger partial charge in [0.2, 0.25) is 5.28 Å². The first-order valence-corrected chi connectivity index (χ1v) is 6.88. The second-order valence-electron chi connectivity index (χ2n) is 4.61. The predicted octanol–water partition coefficient (Wildman–Crippen LogP) is 2.29. The van der Waals surface area contributed by atoms with E-state index in [9.17, 15) is 4.79 Å². The number of amides is 1. The van der Waals surface area contributed by atoms with E-state index < -0.39 is 0 Å². The van der Waals surface area contributed by atoms with Gasteiger partial charge in [0.05, 0.1) is 11.1 Å². The molecule has 1 amide bonds. The summed E-state index contributed by atoms with van der Waals surface area (Å²) in [5.74, 6) is 0.130. The average Bonchev–Trinajstić information content (AvgIpc) is 2.53. The molecule has 110 valence electrons. The van der Waals surface area contributed by atoms with Crippen LogP contribution in [0.2, 0.25) is 5.28 Å². The van der Waals surface area contributed by atoms with Gasteiger partial charge in [-0.2, -0.15) is 4.98 Å². The quantitative estimate of drug-likeness (QED) is 0.708. The van der Waals surface area contributed by atoms with Crippen molar-refractivity contribution in [1.82, 2.24) is 20.3 Å². The van der Waals surface area contributed by atoms with Crippen LogP contribution in [0.15, 0.2) is 36.4 Å². The number of benzene rings is 1. The molecule has 3 rings (SSSR count). The number of rotatable bonds is 2. The van der Waals surface area contributed by atoms with Crippen LogP contribution in [0, 0.1) is 0 Å². The molecule has 0 spiro atoms. The largest absolute Gasteiger partial charge is 0.383 e. The fourth-order valence-electron chi connectivity index (χ4n) is 2.13.